The second-order valence-corrected chi connectivity index (χ2v) is 8.80. The molecule has 10 heteroatoms. The third-order valence-corrected chi connectivity index (χ3v) is 5.86. The van der Waals surface area contributed by atoms with Crippen molar-refractivity contribution in [1.82, 2.24) is 30.6 Å². The van der Waals surface area contributed by atoms with E-state index >= 15 is 0 Å². The summed E-state index contributed by atoms with van der Waals surface area (Å²) in [7, 11) is 0. The van der Waals surface area contributed by atoms with Gasteiger partial charge in [0.2, 0.25) is 11.8 Å². The fourth-order valence-electron chi connectivity index (χ4n) is 3.36. The zero-order valence-corrected chi connectivity index (χ0v) is 17.7. The first-order valence-electron chi connectivity index (χ1n) is 11.1. The minimum absolute atomic E-state index is 0.0234. The highest BCUT2D eigenvalue weighted by atomic mass is 16.5. The Morgan fingerprint density at radius 1 is 0.719 bits per heavy atom. The molecule has 2 amide bonds. The van der Waals surface area contributed by atoms with Crippen LogP contribution in [0.25, 0.3) is 0 Å². The van der Waals surface area contributed by atoms with Crippen LogP contribution >= 0.6 is 0 Å². The van der Waals surface area contributed by atoms with E-state index in [-0.39, 0.29) is 35.3 Å². The van der Waals surface area contributed by atoms with E-state index in [9.17, 15) is 9.59 Å². The fraction of sp³-hybridized carbons (Fsp3) is 0.545. The average molecular weight is 438 g/mol. The summed E-state index contributed by atoms with van der Waals surface area (Å²) in [6.07, 6.45) is 11.9. The highest BCUT2D eigenvalue weighted by Gasteiger charge is 2.32. The SMILES string of the molecule is O=C(NC1CC(NC(=O)c2cnc(OCC3CC3)cn2)C1)c1cnc(OCC2CC2)cn1. The van der Waals surface area contributed by atoms with E-state index in [0.717, 1.165) is 0 Å². The summed E-state index contributed by atoms with van der Waals surface area (Å²) in [4.78, 5) is 41.2. The average Bonchev–Trinajstić information content (AvgIpc) is 3.70. The minimum Gasteiger partial charge on any atom is -0.476 e. The molecule has 0 saturated heterocycles. The zero-order chi connectivity index (χ0) is 21.9. The van der Waals surface area contributed by atoms with Gasteiger partial charge in [-0.25, -0.2) is 19.9 Å². The first kappa shape index (κ1) is 20.6. The number of hydrogen-bond donors (Lipinski definition) is 2. The van der Waals surface area contributed by atoms with Crippen LogP contribution < -0.4 is 20.1 Å². The molecule has 0 aromatic carbocycles. The maximum atomic E-state index is 12.3. The summed E-state index contributed by atoms with van der Waals surface area (Å²) < 4.78 is 11.1. The third kappa shape index (κ3) is 5.49. The van der Waals surface area contributed by atoms with Crippen molar-refractivity contribution in [2.45, 2.75) is 50.6 Å². The molecule has 2 N–H and O–H groups in total. The lowest BCUT2D eigenvalue weighted by molar-refractivity contribution is 0.0856. The van der Waals surface area contributed by atoms with Crippen LogP contribution in [0.3, 0.4) is 0 Å². The van der Waals surface area contributed by atoms with E-state index in [1.165, 1.54) is 50.5 Å². The highest BCUT2D eigenvalue weighted by molar-refractivity contribution is 5.93. The van der Waals surface area contributed by atoms with Crippen molar-refractivity contribution >= 4 is 11.8 Å². The number of amides is 2. The van der Waals surface area contributed by atoms with Crippen molar-refractivity contribution in [1.29, 1.82) is 0 Å². The predicted octanol–water partition coefficient (Wildman–Crippen LogP) is 1.53. The Hall–Kier alpha value is -3.30. The van der Waals surface area contributed by atoms with Crippen molar-refractivity contribution in [3.63, 3.8) is 0 Å². The van der Waals surface area contributed by atoms with Crippen LogP contribution in [0.1, 0.15) is 59.5 Å². The maximum absolute atomic E-state index is 12.3. The van der Waals surface area contributed by atoms with Gasteiger partial charge in [-0.15, -0.1) is 0 Å². The molecule has 168 valence electrons. The molecule has 3 fully saturated rings. The molecule has 3 aliphatic rings. The molecule has 10 nitrogen and oxygen atoms in total. The molecule has 0 radical (unpaired) electrons. The first-order chi connectivity index (χ1) is 15.6. The van der Waals surface area contributed by atoms with E-state index in [2.05, 4.69) is 30.6 Å². The van der Waals surface area contributed by atoms with E-state index in [1.807, 2.05) is 0 Å². The molecule has 32 heavy (non-hydrogen) atoms. The summed E-state index contributed by atoms with van der Waals surface area (Å²) in [5.41, 5.74) is 0.492. The normalized spacial score (nSPS) is 21.9. The monoisotopic (exact) mass is 438 g/mol. The number of nitrogens with one attached hydrogen (secondary N) is 2. The van der Waals surface area contributed by atoms with Crippen LogP contribution in [-0.2, 0) is 0 Å². The van der Waals surface area contributed by atoms with Gasteiger partial charge in [0.15, 0.2) is 0 Å². The fourth-order valence-corrected chi connectivity index (χ4v) is 3.36. The molecule has 0 bridgehead atoms. The third-order valence-electron chi connectivity index (χ3n) is 5.86. The topological polar surface area (TPSA) is 128 Å². The summed E-state index contributed by atoms with van der Waals surface area (Å²) in [5.74, 6) is 1.56. The second kappa shape index (κ2) is 9.05. The lowest BCUT2D eigenvalue weighted by atomic mass is 9.86. The molecule has 2 aromatic heterocycles. The van der Waals surface area contributed by atoms with Gasteiger partial charge in [0.1, 0.15) is 11.4 Å². The first-order valence-corrected chi connectivity index (χ1v) is 11.1. The Labute approximate surface area is 185 Å². The summed E-state index contributed by atoms with van der Waals surface area (Å²) in [6, 6.07) is -0.0469. The number of rotatable bonds is 10. The van der Waals surface area contributed by atoms with Crippen LogP contribution in [0.15, 0.2) is 24.8 Å². The predicted molar refractivity (Wildman–Crippen MR) is 112 cm³/mol. The molecule has 2 heterocycles. The quantitative estimate of drug-likeness (QED) is 0.572. The Balaban J connectivity index is 1.02. The second-order valence-electron chi connectivity index (χ2n) is 8.80. The van der Waals surface area contributed by atoms with Gasteiger partial charge in [0, 0.05) is 12.1 Å². The number of aromatic nitrogens is 4. The molecular weight excluding hydrogens is 412 g/mol. The van der Waals surface area contributed by atoms with Crippen LogP contribution in [0.5, 0.6) is 11.8 Å². The van der Waals surface area contributed by atoms with Crippen molar-refractivity contribution in [2.75, 3.05) is 13.2 Å². The van der Waals surface area contributed by atoms with Gasteiger partial charge >= 0.3 is 0 Å². The van der Waals surface area contributed by atoms with Crippen molar-refractivity contribution in [3.8, 4) is 11.8 Å². The number of carbonyl (C=O) groups is 2. The Morgan fingerprint density at radius 3 is 1.50 bits per heavy atom. The molecule has 0 unspecified atom stereocenters. The number of carbonyl (C=O) groups excluding carboxylic acids is 2. The Kier molecular flexibility index (Phi) is 5.83. The van der Waals surface area contributed by atoms with Gasteiger partial charge in [0.05, 0.1) is 38.0 Å². The van der Waals surface area contributed by atoms with Crippen molar-refractivity contribution in [2.24, 2.45) is 11.8 Å². The van der Waals surface area contributed by atoms with Gasteiger partial charge in [-0.05, 0) is 50.4 Å². The molecule has 5 rings (SSSR count). The van der Waals surface area contributed by atoms with E-state index in [0.29, 0.717) is 49.7 Å². The largest absolute Gasteiger partial charge is 0.476 e. The lowest BCUT2D eigenvalue weighted by Crippen LogP contribution is -2.53. The summed E-state index contributed by atoms with van der Waals surface area (Å²) in [6.45, 7) is 1.30. The maximum Gasteiger partial charge on any atom is 0.271 e. The number of hydrogen-bond acceptors (Lipinski definition) is 8. The standard InChI is InChI=1S/C22H26N6O4/c29-21(17-7-25-19(9-23-17)31-11-13-1-2-13)27-15-5-16(6-15)28-22(30)18-8-26-20(10-24-18)32-12-14-3-4-14/h7-10,13-16H,1-6,11-12H2,(H,27,29)(H,28,30). The molecule has 0 spiro atoms. The van der Waals surface area contributed by atoms with Crippen molar-refractivity contribution in [3.05, 3.63) is 36.2 Å². The molecule has 0 atom stereocenters. The van der Waals surface area contributed by atoms with Gasteiger partial charge in [-0.2, -0.15) is 0 Å². The highest BCUT2D eigenvalue weighted by Crippen LogP contribution is 2.29. The lowest BCUT2D eigenvalue weighted by Gasteiger charge is -2.36. The van der Waals surface area contributed by atoms with Crippen LogP contribution in [0, 0.1) is 11.8 Å². The van der Waals surface area contributed by atoms with Crippen molar-refractivity contribution < 1.29 is 19.1 Å². The van der Waals surface area contributed by atoms with E-state index < -0.39 is 0 Å². The minimum atomic E-state index is -0.284. The smallest absolute Gasteiger partial charge is 0.271 e. The number of ether oxygens (including phenoxy) is 2. The van der Waals surface area contributed by atoms with Gasteiger partial charge in [-0.1, -0.05) is 0 Å². The Morgan fingerprint density at radius 2 is 1.16 bits per heavy atom. The van der Waals surface area contributed by atoms with Gasteiger partial charge < -0.3 is 20.1 Å². The number of nitrogens with zero attached hydrogens (tertiary/aromatic N) is 4. The Bertz CT molecular complexity index is 876. The van der Waals surface area contributed by atoms with Crippen LogP contribution in [-0.4, -0.2) is 57.0 Å². The van der Waals surface area contributed by atoms with Gasteiger partial charge in [-0.3, -0.25) is 9.59 Å². The summed E-state index contributed by atoms with van der Waals surface area (Å²) in [5, 5.41) is 5.83. The molecule has 2 aromatic rings. The van der Waals surface area contributed by atoms with Crippen LogP contribution in [0.4, 0.5) is 0 Å². The van der Waals surface area contributed by atoms with E-state index in [4.69, 9.17) is 9.47 Å². The van der Waals surface area contributed by atoms with Gasteiger partial charge in [0.25, 0.3) is 11.8 Å². The molecular formula is C22H26N6O4. The summed E-state index contributed by atoms with van der Waals surface area (Å²) >= 11 is 0. The molecule has 3 saturated carbocycles. The van der Waals surface area contributed by atoms with E-state index in [1.54, 1.807) is 0 Å². The van der Waals surface area contributed by atoms with Crippen LogP contribution in [0.2, 0.25) is 0 Å². The zero-order valence-electron chi connectivity index (χ0n) is 17.7. The molecule has 0 aliphatic heterocycles. The molecule has 3 aliphatic carbocycles.